The number of methoxy groups -OCH3 is 2. The summed E-state index contributed by atoms with van der Waals surface area (Å²) in [6, 6.07) is 15.3. The van der Waals surface area contributed by atoms with Gasteiger partial charge < -0.3 is 24.2 Å². The van der Waals surface area contributed by atoms with Crippen LogP contribution >= 0.6 is 0 Å². The first-order valence-corrected chi connectivity index (χ1v) is 14.9. The Hall–Kier alpha value is -3.39. The number of amides is 3. The van der Waals surface area contributed by atoms with E-state index >= 15 is 0 Å². The van der Waals surface area contributed by atoms with Crippen LogP contribution in [0.4, 0.5) is 4.79 Å². The number of hydrogen-bond donors (Lipinski definition) is 0. The largest absolute Gasteiger partial charge is 0.453 e. The number of ether oxygens (including phenoxy) is 2. The van der Waals surface area contributed by atoms with Crippen molar-refractivity contribution >= 4 is 17.9 Å². The van der Waals surface area contributed by atoms with Crippen molar-refractivity contribution in [3.63, 3.8) is 0 Å². The van der Waals surface area contributed by atoms with Crippen molar-refractivity contribution in [1.82, 2.24) is 14.7 Å². The molecule has 0 bridgehead atoms. The molecule has 224 valence electrons. The van der Waals surface area contributed by atoms with Gasteiger partial charge in [-0.25, -0.2) is 4.79 Å². The highest BCUT2D eigenvalue weighted by Gasteiger charge is 2.41. The Balaban J connectivity index is 1.66. The lowest BCUT2D eigenvalue weighted by atomic mass is 9.96. The topological polar surface area (TPSA) is 79.4 Å². The predicted octanol–water partition coefficient (Wildman–Crippen LogP) is 5.53. The second kappa shape index (κ2) is 16.2. The number of hydrogen-bond acceptors (Lipinski definition) is 5. The second-order valence-corrected chi connectivity index (χ2v) is 10.9. The van der Waals surface area contributed by atoms with Crippen LogP contribution in [-0.2, 0) is 32.0 Å². The van der Waals surface area contributed by atoms with E-state index in [4.69, 9.17) is 9.47 Å². The molecule has 3 rings (SSSR count). The summed E-state index contributed by atoms with van der Waals surface area (Å²) >= 11 is 0. The van der Waals surface area contributed by atoms with Gasteiger partial charge in [-0.05, 0) is 41.7 Å². The standard InChI is InChI=1S/C33H47N3O5/c1-6-7-8-9-10-11-19-36-25(2)31(37)34(3)30(32(36)38)23-26-15-17-28(18-16-26)29-14-12-13-27(22-29)24-35(20-21-40-4)33(39)41-5/h12-18,22,25,30H,6-11,19-21,23-24H2,1-5H3/t25-,30?/m0/s1. The maximum atomic E-state index is 13.5. The van der Waals surface area contributed by atoms with E-state index in [-0.39, 0.29) is 11.8 Å². The van der Waals surface area contributed by atoms with Gasteiger partial charge in [-0.3, -0.25) is 9.59 Å². The van der Waals surface area contributed by atoms with Crippen LogP contribution in [0.25, 0.3) is 11.1 Å². The van der Waals surface area contributed by atoms with E-state index in [1.807, 2.05) is 49.4 Å². The van der Waals surface area contributed by atoms with Crippen LogP contribution < -0.4 is 0 Å². The molecule has 0 spiro atoms. The van der Waals surface area contributed by atoms with Crippen LogP contribution in [0, 0.1) is 0 Å². The Morgan fingerprint density at radius 3 is 2.29 bits per heavy atom. The normalized spacial score (nSPS) is 17.2. The van der Waals surface area contributed by atoms with Gasteiger partial charge in [-0.1, -0.05) is 81.5 Å². The van der Waals surface area contributed by atoms with E-state index in [9.17, 15) is 14.4 Å². The van der Waals surface area contributed by atoms with Crippen LogP contribution in [0.2, 0.25) is 0 Å². The summed E-state index contributed by atoms with van der Waals surface area (Å²) in [4.78, 5) is 43.7. The average molecular weight is 566 g/mol. The van der Waals surface area contributed by atoms with Gasteiger partial charge in [0.25, 0.3) is 0 Å². The minimum Gasteiger partial charge on any atom is -0.453 e. The summed E-state index contributed by atoms with van der Waals surface area (Å²) < 4.78 is 10.1. The number of unbranched alkanes of at least 4 members (excludes halogenated alkanes) is 5. The molecule has 0 saturated carbocycles. The molecule has 1 heterocycles. The first-order chi connectivity index (χ1) is 19.8. The van der Waals surface area contributed by atoms with Gasteiger partial charge in [0.1, 0.15) is 12.1 Å². The van der Waals surface area contributed by atoms with Crippen LogP contribution in [0.1, 0.15) is 63.5 Å². The quantitative estimate of drug-likeness (QED) is 0.265. The Kier molecular flexibility index (Phi) is 12.7. The Bertz CT molecular complexity index is 1140. The number of rotatable bonds is 15. The molecule has 1 saturated heterocycles. The molecule has 0 radical (unpaired) electrons. The van der Waals surface area contributed by atoms with Crippen LogP contribution in [0.3, 0.4) is 0 Å². The Labute approximate surface area is 245 Å². The lowest BCUT2D eigenvalue weighted by Crippen LogP contribution is -2.63. The van der Waals surface area contributed by atoms with E-state index in [0.29, 0.717) is 32.7 Å². The van der Waals surface area contributed by atoms with Crippen molar-refractivity contribution < 1.29 is 23.9 Å². The summed E-state index contributed by atoms with van der Waals surface area (Å²) in [6.45, 7) is 5.96. The SMILES string of the molecule is CCCCCCCCN1C(=O)C(Cc2ccc(-c3cccc(CN(CCOC)C(=O)OC)c3)cc2)N(C)C(=O)[C@@H]1C. The lowest BCUT2D eigenvalue weighted by Gasteiger charge is -2.42. The van der Waals surface area contributed by atoms with Gasteiger partial charge in [0.15, 0.2) is 0 Å². The second-order valence-electron chi connectivity index (χ2n) is 10.9. The first-order valence-electron chi connectivity index (χ1n) is 14.9. The number of likely N-dealkylation sites (N-methyl/N-ethyl adjacent to an activating group) is 1. The van der Waals surface area contributed by atoms with Gasteiger partial charge in [0, 0.05) is 40.2 Å². The monoisotopic (exact) mass is 565 g/mol. The molecule has 0 aromatic heterocycles. The smallest absolute Gasteiger partial charge is 0.409 e. The fraction of sp³-hybridized carbons (Fsp3) is 0.545. The summed E-state index contributed by atoms with van der Waals surface area (Å²) in [7, 11) is 4.72. The number of carbonyl (C=O) groups is 3. The maximum absolute atomic E-state index is 13.5. The zero-order chi connectivity index (χ0) is 29.8. The zero-order valence-corrected chi connectivity index (χ0v) is 25.4. The minimum absolute atomic E-state index is 0.000478. The lowest BCUT2D eigenvalue weighted by molar-refractivity contribution is -0.159. The number of carbonyl (C=O) groups excluding carboxylic acids is 3. The van der Waals surface area contributed by atoms with Gasteiger partial charge in [-0.2, -0.15) is 0 Å². The Morgan fingerprint density at radius 1 is 0.902 bits per heavy atom. The number of nitrogens with zero attached hydrogens (tertiary/aromatic N) is 3. The van der Waals surface area contributed by atoms with Crippen molar-refractivity contribution in [2.24, 2.45) is 0 Å². The molecule has 2 aromatic rings. The molecule has 1 fully saturated rings. The predicted molar refractivity (Wildman–Crippen MR) is 161 cm³/mol. The molecule has 1 aliphatic rings. The van der Waals surface area contributed by atoms with E-state index in [0.717, 1.165) is 35.1 Å². The van der Waals surface area contributed by atoms with Crippen LogP contribution in [0.5, 0.6) is 0 Å². The molecule has 41 heavy (non-hydrogen) atoms. The number of piperazine rings is 1. The van der Waals surface area contributed by atoms with Crippen molar-refractivity contribution in [2.75, 3.05) is 41.0 Å². The van der Waals surface area contributed by atoms with Gasteiger partial charge in [0.2, 0.25) is 11.8 Å². The molecule has 0 N–H and O–H groups in total. The van der Waals surface area contributed by atoms with Crippen LogP contribution in [-0.4, -0.2) is 85.7 Å². The summed E-state index contributed by atoms with van der Waals surface area (Å²) in [5.41, 5.74) is 4.06. The highest BCUT2D eigenvalue weighted by molar-refractivity contribution is 5.96. The van der Waals surface area contributed by atoms with E-state index in [1.165, 1.54) is 32.8 Å². The third kappa shape index (κ3) is 8.80. The average Bonchev–Trinajstić information content (AvgIpc) is 2.99. The summed E-state index contributed by atoms with van der Waals surface area (Å²) in [5, 5.41) is 0. The molecule has 1 unspecified atom stereocenters. The molecule has 8 nitrogen and oxygen atoms in total. The summed E-state index contributed by atoms with van der Waals surface area (Å²) in [6.07, 6.45) is 6.97. The van der Waals surface area contributed by atoms with Crippen molar-refractivity contribution in [3.05, 3.63) is 59.7 Å². The molecular formula is C33H47N3O5. The molecule has 2 atom stereocenters. The van der Waals surface area contributed by atoms with E-state index in [1.54, 1.807) is 28.9 Å². The van der Waals surface area contributed by atoms with Gasteiger partial charge in [-0.15, -0.1) is 0 Å². The highest BCUT2D eigenvalue weighted by Crippen LogP contribution is 2.25. The molecule has 8 heteroatoms. The van der Waals surface area contributed by atoms with E-state index in [2.05, 4.69) is 13.0 Å². The first kappa shape index (κ1) is 32.1. The Morgan fingerprint density at radius 2 is 1.61 bits per heavy atom. The zero-order valence-electron chi connectivity index (χ0n) is 25.4. The van der Waals surface area contributed by atoms with Gasteiger partial charge >= 0.3 is 6.09 Å². The fourth-order valence-electron chi connectivity index (χ4n) is 5.41. The molecule has 0 aliphatic carbocycles. The molecule has 1 aliphatic heterocycles. The minimum atomic E-state index is -0.496. The third-order valence-corrected chi connectivity index (χ3v) is 7.98. The fourth-order valence-corrected chi connectivity index (χ4v) is 5.41. The van der Waals surface area contributed by atoms with Crippen molar-refractivity contribution in [1.29, 1.82) is 0 Å². The molecule has 3 amide bonds. The maximum Gasteiger partial charge on any atom is 0.409 e. The summed E-state index contributed by atoms with van der Waals surface area (Å²) in [5.74, 6) is 0.0362. The molecular weight excluding hydrogens is 518 g/mol. The van der Waals surface area contributed by atoms with E-state index < -0.39 is 18.2 Å². The molecule has 2 aromatic carbocycles. The highest BCUT2D eigenvalue weighted by atomic mass is 16.5. The number of benzene rings is 2. The van der Waals surface area contributed by atoms with Crippen molar-refractivity contribution in [2.45, 2.75) is 77.4 Å². The third-order valence-electron chi connectivity index (χ3n) is 7.98. The van der Waals surface area contributed by atoms with Crippen molar-refractivity contribution in [3.8, 4) is 11.1 Å². The van der Waals surface area contributed by atoms with Gasteiger partial charge in [0.05, 0.1) is 13.7 Å². The van der Waals surface area contributed by atoms with Crippen LogP contribution in [0.15, 0.2) is 48.5 Å².